The van der Waals surface area contributed by atoms with Gasteiger partial charge in [-0.2, -0.15) is 0 Å². The van der Waals surface area contributed by atoms with E-state index in [4.69, 9.17) is 5.73 Å². The van der Waals surface area contributed by atoms with Gasteiger partial charge in [0.15, 0.2) is 0 Å². The number of likely N-dealkylation sites (tertiary alicyclic amines) is 1. The molecule has 1 saturated heterocycles. The first-order valence-corrected chi connectivity index (χ1v) is 3.18. The maximum atomic E-state index is 10.8. The molecule has 2 amide bonds. The summed E-state index contributed by atoms with van der Waals surface area (Å²) >= 11 is 0. The SMILES string of the molecule is CN1C(=O)CCC1C(N)=O. The van der Waals surface area contributed by atoms with Crippen LogP contribution in [0.4, 0.5) is 0 Å². The third kappa shape index (κ3) is 0.964. The Labute approximate surface area is 59.0 Å². The van der Waals surface area contributed by atoms with Crippen molar-refractivity contribution >= 4 is 11.8 Å². The minimum Gasteiger partial charge on any atom is -0.368 e. The molecule has 1 aliphatic heterocycles. The highest BCUT2D eigenvalue weighted by Gasteiger charge is 2.31. The van der Waals surface area contributed by atoms with Crippen LogP contribution in [0.5, 0.6) is 0 Å². The number of hydrogen-bond acceptors (Lipinski definition) is 2. The zero-order valence-electron chi connectivity index (χ0n) is 5.83. The van der Waals surface area contributed by atoms with Crippen LogP contribution in [0.25, 0.3) is 0 Å². The Morgan fingerprint density at radius 2 is 2.40 bits per heavy atom. The monoisotopic (exact) mass is 142 g/mol. The third-order valence-corrected chi connectivity index (χ3v) is 1.82. The Morgan fingerprint density at radius 1 is 1.80 bits per heavy atom. The number of nitrogens with zero attached hydrogens (tertiary/aromatic N) is 1. The molecule has 0 spiro atoms. The molecule has 4 heteroatoms. The molecule has 4 nitrogen and oxygen atoms in total. The molecule has 1 aliphatic rings. The topological polar surface area (TPSA) is 63.4 Å². The molecule has 56 valence electrons. The molecule has 2 N–H and O–H groups in total. The Hall–Kier alpha value is -1.06. The van der Waals surface area contributed by atoms with Crippen molar-refractivity contribution in [1.29, 1.82) is 0 Å². The lowest BCUT2D eigenvalue weighted by Crippen LogP contribution is -2.39. The van der Waals surface area contributed by atoms with E-state index in [0.717, 1.165) is 0 Å². The maximum Gasteiger partial charge on any atom is 0.240 e. The van der Waals surface area contributed by atoms with Crippen LogP contribution in [-0.4, -0.2) is 29.8 Å². The van der Waals surface area contributed by atoms with Crippen molar-refractivity contribution in [3.63, 3.8) is 0 Å². The van der Waals surface area contributed by atoms with Crippen LogP contribution < -0.4 is 5.73 Å². The Bertz CT molecular complexity index is 179. The molecular formula is C6H10N2O2. The molecule has 1 atom stereocenters. The average molecular weight is 142 g/mol. The molecule has 0 aromatic carbocycles. The number of nitrogens with two attached hydrogens (primary N) is 1. The number of rotatable bonds is 1. The quantitative estimate of drug-likeness (QED) is 0.515. The van der Waals surface area contributed by atoms with Crippen molar-refractivity contribution in [3.8, 4) is 0 Å². The van der Waals surface area contributed by atoms with Gasteiger partial charge in [-0.3, -0.25) is 9.59 Å². The summed E-state index contributed by atoms with van der Waals surface area (Å²) in [5.74, 6) is -0.405. The minimum absolute atomic E-state index is 0.00352. The van der Waals surface area contributed by atoms with Gasteiger partial charge >= 0.3 is 0 Å². The first-order chi connectivity index (χ1) is 4.63. The highest BCUT2D eigenvalue weighted by atomic mass is 16.2. The second-order valence-corrected chi connectivity index (χ2v) is 2.46. The fourth-order valence-corrected chi connectivity index (χ4v) is 1.14. The van der Waals surface area contributed by atoms with Crippen molar-refractivity contribution in [2.24, 2.45) is 5.73 Å². The van der Waals surface area contributed by atoms with E-state index in [9.17, 15) is 9.59 Å². The Morgan fingerprint density at radius 3 is 2.60 bits per heavy atom. The molecule has 1 heterocycles. The van der Waals surface area contributed by atoms with E-state index in [1.54, 1.807) is 7.05 Å². The summed E-state index contributed by atoms with van der Waals surface area (Å²) in [6, 6.07) is -0.368. The minimum atomic E-state index is -0.409. The van der Waals surface area contributed by atoms with Gasteiger partial charge in [0.1, 0.15) is 6.04 Å². The summed E-state index contributed by atoms with van der Waals surface area (Å²) in [6.07, 6.45) is 1.02. The lowest BCUT2D eigenvalue weighted by atomic mass is 10.2. The van der Waals surface area contributed by atoms with Crippen LogP contribution >= 0.6 is 0 Å². The Kier molecular flexibility index (Phi) is 1.61. The second-order valence-electron chi connectivity index (χ2n) is 2.46. The Balaban J connectivity index is 2.66. The van der Waals surface area contributed by atoms with Crippen LogP contribution in [0.1, 0.15) is 12.8 Å². The van der Waals surface area contributed by atoms with Crippen LogP contribution in [0.15, 0.2) is 0 Å². The first-order valence-electron chi connectivity index (χ1n) is 3.18. The van der Waals surface area contributed by atoms with Crippen molar-refractivity contribution in [3.05, 3.63) is 0 Å². The molecule has 10 heavy (non-hydrogen) atoms. The van der Waals surface area contributed by atoms with Crippen LogP contribution in [0.2, 0.25) is 0 Å². The van der Waals surface area contributed by atoms with E-state index in [-0.39, 0.29) is 11.9 Å². The van der Waals surface area contributed by atoms with E-state index >= 15 is 0 Å². The normalized spacial score (nSPS) is 25.5. The number of carbonyl (C=O) groups excluding carboxylic acids is 2. The lowest BCUT2D eigenvalue weighted by Gasteiger charge is -2.15. The van der Waals surface area contributed by atoms with Crippen molar-refractivity contribution in [1.82, 2.24) is 4.90 Å². The van der Waals surface area contributed by atoms with Gasteiger partial charge in [0.25, 0.3) is 0 Å². The van der Waals surface area contributed by atoms with Crippen molar-refractivity contribution < 1.29 is 9.59 Å². The van der Waals surface area contributed by atoms with Gasteiger partial charge in [-0.05, 0) is 6.42 Å². The van der Waals surface area contributed by atoms with Crippen LogP contribution in [0, 0.1) is 0 Å². The van der Waals surface area contributed by atoms with Gasteiger partial charge in [-0.1, -0.05) is 0 Å². The fourth-order valence-electron chi connectivity index (χ4n) is 1.14. The van der Waals surface area contributed by atoms with Gasteiger partial charge in [-0.25, -0.2) is 0 Å². The number of likely N-dealkylation sites (N-methyl/N-ethyl adjacent to an activating group) is 1. The third-order valence-electron chi connectivity index (χ3n) is 1.82. The standard InChI is InChI=1S/C6H10N2O2/c1-8-4(6(7)10)2-3-5(8)9/h4H,2-3H2,1H3,(H2,7,10). The first kappa shape index (κ1) is 7.05. The summed E-state index contributed by atoms with van der Waals surface area (Å²) in [5, 5.41) is 0. The van der Waals surface area contributed by atoms with Crippen molar-refractivity contribution in [2.45, 2.75) is 18.9 Å². The molecule has 0 aromatic heterocycles. The van der Waals surface area contributed by atoms with E-state index in [2.05, 4.69) is 0 Å². The molecule has 1 fully saturated rings. The summed E-state index contributed by atoms with van der Waals surface area (Å²) < 4.78 is 0. The predicted octanol–water partition coefficient (Wildman–Crippen LogP) is -0.908. The molecule has 0 radical (unpaired) electrons. The van der Waals surface area contributed by atoms with Gasteiger partial charge in [0, 0.05) is 13.5 Å². The van der Waals surface area contributed by atoms with Gasteiger partial charge in [0.05, 0.1) is 0 Å². The highest BCUT2D eigenvalue weighted by molar-refractivity contribution is 5.89. The van der Waals surface area contributed by atoms with E-state index < -0.39 is 5.91 Å². The molecular weight excluding hydrogens is 132 g/mol. The second kappa shape index (κ2) is 2.28. The van der Waals surface area contributed by atoms with Crippen LogP contribution in [0.3, 0.4) is 0 Å². The average Bonchev–Trinajstić information content (AvgIpc) is 2.14. The van der Waals surface area contributed by atoms with Crippen molar-refractivity contribution in [2.75, 3.05) is 7.05 Å². The fraction of sp³-hybridized carbons (Fsp3) is 0.667. The number of amides is 2. The lowest BCUT2D eigenvalue weighted by molar-refractivity contribution is -0.132. The molecule has 0 aliphatic carbocycles. The van der Waals surface area contributed by atoms with E-state index in [0.29, 0.717) is 12.8 Å². The number of carbonyl (C=O) groups is 2. The summed E-state index contributed by atoms with van der Waals surface area (Å²) in [6.45, 7) is 0. The van der Waals surface area contributed by atoms with E-state index in [1.165, 1.54) is 4.90 Å². The smallest absolute Gasteiger partial charge is 0.240 e. The van der Waals surface area contributed by atoms with Crippen LogP contribution in [-0.2, 0) is 9.59 Å². The zero-order valence-corrected chi connectivity index (χ0v) is 5.83. The molecule has 0 saturated carbocycles. The molecule has 0 aromatic rings. The maximum absolute atomic E-state index is 10.8. The zero-order chi connectivity index (χ0) is 7.72. The molecule has 1 rings (SSSR count). The largest absolute Gasteiger partial charge is 0.368 e. The van der Waals surface area contributed by atoms with Gasteiger partial charge in [0.2, 0.25) is 11.8 Å². The predicted molar refractivity (Wildman–Crippen MR) is 35.0 cm³/mol. The summed E-state index contributed by atoms with van der Waals surface area (Å²) in [5.41, 5.74) is 5.02. The van der Waals surface area contributed by atoms with Gasteiger partial charge in [-0.15, -0.1) is 0 Å². The molecule has 1 unspecified atom stereocenters. The highest BCUT2D eigenvalue weighted by Crippen LogP contribution is 2.15. The summed E-state index contributed by atoms with van der Waals surface area (Å²) in [7, 11) is 1.60. The molecule has 0 bridgehead atoms. The number of hydrogen-bond donors (Lipinski definition) is 1. The van der Waals surface area contributed by atoms with Gasteiger partial charge < -0.3 is 10.6 Å². The van der Waals surface area contributed by atoms with E-state index in [1.807, 2.05) is 0 Å². The number of primary amides is 1. The summed E-state index contributed by atoms with van der Waals surface area (Å²) in [4.78, 5) is 22.8.